The molecule has 180 valence electrons. The number of methoxy groups -OCH3 is 2. The normalized spacial score (nSPS) is 13.2. The van der Waals surface area contributed by atoms with E-state index >= 15 is 0 Å². The Morgan fingerprint density at radius 2 is 1.91 bits per heavy atom. The number of carbonyl (C=O) groups is 2. The Balaban J connectivity index is 1.76. The molecule has 35 heavy (non-hydrogen) atoms. The Labute approximate surface area is 198 Å². The summed E-state index contributed by atoms with van der Waals surface area (Å²) >= 11 is 0. The fourth-order valence-corrected chi connectivity index (χ4v) is 4.13. The minimum atomic E-state index is -1.26. The van der Waals surface area contributed by atoms with Crippen LogP contribution in [0.15, 0.2) is 45.3 Å². The standard InChI is InChI=1S/C25H21FN2O7/c1-31-11-19-20(22(28-35-19)12-3-4-12)15-10-18-16(9-17(15)32-2)21(24(29)34-25(27)30)23(33-18)13-5-7-14(26)8-6-13/h5-10,12H,3-4,11H2,1-2H3,(H2,27,30). The molecule has 5 rings (SSSR count). The fourth-order valence-electron chi connectivity index (χ4n) is 4.13. The summed E-state index contributed by atoms with van der Waals surface area (Å²) in [6.07, 6.45) is 0.727. The number of hydrogen-bond donors (Lipinski definition) is 1. The van der Waals surface area contributed by atoms with Crippen molar-refractivity contribution in [3.63, 3.8) is 0 Å². The second-order valence-corrected chi connectivity index (χ2v) is 8.14. The van der Waals surface area contributed by atoms with E-state index in [1.807, 2.05) is 0 Å². The summed E-state index contributed by atoms with van der Waals surface area (Å²) in [7, 11) is 3.05. The molecule has 0 unspecified atom stereocenters. The lowest BCUT2D eigenvalue weighted by atomic mass is 9.97. The number of nitrogens with zero attached hydrogens (tertiary/aromatic N) is 1. The average molecular weight is 480 g/mol. The molecule has 0 radical (unpaired) electrons. The summed E-state index contributed by atoms with van der Waals surface area (Å²) in [5.41, 5.74) is 7.94. The lowest BCUT2D eigenvalue weighted by Gasteiger charge is -2.10. The van der Waals surface area contributed by atoms with Crippen LogP contribution in [0.2, 0.25) is 0 Å². The highest BCUT2D eigenvalue weighted by Gasteiger charge is 2.34. The molecule has 9 nitrogen and oxygen atoms in total. The van der Waals surface area contributed by atoms with Crippen molar-refractivity contribution in [3.8, 4) is 28.2 Å². The van der Waals surface area contributed by atoms with Crippen molar-refractivity contribution in [1.29, 1.82) is 0 Å². The van der Waals surface area contributed by atoms with E-state index in [-0.39, 0.29) is 23.8 Å². The highest BCUT2D eigenvalue weighted by Crippen LogP contribution is 2.48. The third kappa shape index (κ3) is 4.12. The molecule has 4 aromatic rings. The zero-order valence-electron chi connectivity index (χ0n) is 18.9. The van der Waals surface area contributed by atoms with Gasteiger partial charge in [-0.05, 0) is 49.2 Å². The summed E-state index contributed by atoms with van der Waals surface area (Å²) in [4.78, 5) is 24.2. The number of primary amides is 1. The third-order valence-corrected chi connectivity index (χ3v) is 5.81. The predicted molar refractivity (Wildman–Crippen MR) is 121 cm³/mol. The van der Waals surface area contributed by atoms with Gasteiger partial charge in [-0.1, -0.05) is 5.16 Å². The molecular weight excluding hydrogens is 459 g/mol. The Hall–Kier alpha value is -4.18. The van der Waals surface area contributed by atoms with Crippen molar-refractivity contribution in [2.75, 3.05) is 14.2 Å². The second kappa shape index (κ2) is 8.88. The quantitative estimate of drug-likeness (QED) is 0.284. The molecule has 2 aromatic carbocycles. The largest absolute Gasteiger partial charge is 0.496 e. The number of esters is 1. The molecule has 2 aromatic heterocycles. The molecule has 10 heteroatoms. The highest BCUT2D eigenvalue weighted by atomic mass is 19.1. The van der Waals surface area contributed by atoms with Gasteiger partial charge in [-0.25, -0.2) is 14.0 Å². The van der Waals surface area contributed by atoms with Gasteiger partial charge in [0.25, 0.3) is 0 Å². The Bertz CT molecular complexity index is 1430. The molecule has 1 amide bonds. The van der Waals surface area contributed by atoms with Gasteiger partial charge in [0.15, 0.2) is 5.76 Å². The van der Waals surface area contributed by atoms with Crippen molar-refractivity contribution in [1.82, 2.24) is 5.16 Å². The molecule has 2 heterocycles. The van der Waals surface area contributed by atoms with Gasteiger partial charge in [0.05, 0.1) is 18.4 Å². The first-order valence-corrected chi connectivity index (χ1v) is 10.8. The van der Waals surface area contributed by atoms with Crippen molar-refractivity contribution < 1.29 is 37.1 Å². The van der Waals surface area contributed by atoms with Crippen LogP contribution in [0.4, 0.5) is 9.18 Å². The van der Waals surface area contributed by atoms with Crippen molar-refractivity contribution in [2.45, 2.75) is 25.4 Å². The minimum Gasteiger partial charge on any atom is -0.496 e. The first-order chi connectivity index (χ1) is 16.9. The fraction of sp³-hybridized carbons (Fsp3) is 0.240. The van der Waals surface area contributed by atoms with Gasteiger partial charge in [-0.2, -0.15) is 0 Å². The molecule has 1 aliphatic rings. The van der Waals surface area contributed by atoms with E-state index in [9.17, 15) is 14.0 Å². The number of fused-ring (bicyclic) bond motifs is 1. The Kier molecular flexibility index (Phi) is 5.73. The van der Waals surface area contributed by atoms with Crippen LogP contribution in [0.3, 0.4) is 0 Å². The summed E-state index contributed by atoms with van der Waals surface area (Å²) in [6.45, 7) is 0.200. The van der Waals surface area contributed by atoms with E-state index in [0.29, 0.717) is 33.6 Å². The maximum Gasteiger partial charge on any atom is 0.412 e. The van der Waals surface area contributed by atoms with Crippen LogP contribution >= 0.6 is 0 Å². The maximum atomic E-state index is 13.5. The van der Waals surface area contributed by atoms with Crippen molar-refractivity contribution in [2.24, 2.45) is 5.73 Å². The molecule has 0 aliphatic heterocycles. The number of hydrogen-bond acceptors (Lipinski definition) is 8. The molecule has 2 N–H and O–H groups in total. The lowest BCUT2D eigenvalue weighted by Crippen LogP contribution is -2.18. The number of halogens is 1. The third-order valence-electron chi connectivity index (χ3n) is 5.81. The zero-order chi connectivity index (χ0) is 24.7. The number of amides is 1. The Morgan fingerprint density at radius 3 is 2.54 bits per heavy atom. The van der Waals surface area contributed by atoms with Crippen LogP contribution in [-0.2, 0) is 16.1 Å². The van der Waals surface area contributed by atoms with Crippen LogP contribution in [0.25, 0.3) is 33.4 Å². The van der Waals surface area contributed by atoms with Gasteiger partial charge >= 0.3 is 12.1 Å². The number of furan rings is 1. The SMILES string of the molecule is COCc1onc(C2CC2)c1-c1cc2oc(-c3ccc(F)cc3)c(C(=O)OC(N)=O)c2cc1OC. The molecule has 1 saturated carbocycles. The van der Waals surface area contributed by atoms with Crippen LogP contribution < -0.4 is 10.5 Å². The van der Waals surface area contributed by atoms with E-state index in [4.69, 9.17) is 24.1 Å². The van der Waals surface area contributed by atoms with Crippen molar-refractivity contribution >= 4 is 23.0 Å². The van der Waals surface area contributed by atoms with Gasteiger partial charge in [-0.3, -0.25) is 0 Å². The molecule has 1 aliphatic carbocycles. The first-order valence-electron chi connectivity index (χ1n) is 10.8. The number of carbonyl (C=O) groups excluding carboxylic acids is 2. The zero-order valence-corrected chi connectivity index (χ0v) is 18.9. The number of aromatic nitrogens is 1. The van der Waals surface area contributed by atoms with Gasteiger partial charge in [0.2, 0.25) is 0 Å². The van der Waals surface area contributed by atoms with Crippen molar-refractivity contribution in [3.05, 3.63) is 59.2 Å². The van der Waals surface area contributed by atoms with E-state index < -0.39 is 17.9 Å². The number of benzene rings is 2. The van der Waals surface area contributed by atoms with Crippen LogP contribution in [-0.4, -0.2) is 31.4 Å². The van der Waals surface area contributed by atoms with Gasteiger partial charge < -0.3 is 28.9 Å². The summed E-state index contributed by atoms with van der Waals surface area (Å²) in [6, 6.07) is 8.68. The molecule has 1 fully saturated rings. The molecule has 0 spiro atoms. The summed E-state index contributed by atoms with van der Waals surface area (Å²) in [5, 5.41) is 4.59. The van der Waals surface area contributed by atoms with Crippen LogP contribution in [0.5, 0.6) is 5.75 Å². The van der Waals surface area contributed by atoms with Gasteiger partial charge in [0.1, 0.15) is 35.1 Å². The molecule has 0 saturated heterocycles. The summed E-state index contributed by atoms with van der Waals surface area (Å²) < 4.78 is 40.8. The molecule has 0 bridgehead atoms. The maximum absolute atomic E-state index is 13.5. The minimum absolute atomic E-state index is 0.0416. The monoisotopic (exact) mass is 480 g/mol. The lowest BCUT2D eigenvalue weighted by molar-refractivity contribution is 0.0640. The van der Waals surface area contributed by atoms with E-state index in [1.165, 1.54) is 31.4 Å². The van der Waals surface area contributed by atoms with Gasteiger partial charge in [-0.15, -0.1) is 0 Å². The number of ether oxygens (including phenoxy) is 3. The highest BCUT2D eigenvalue weighted by molar-refractivity contribution is 6.12. The molecular formula is C25H21FN2O7. The van der Waals surface area contributed by atoms with E-state index in [0.717, 1.165) is 24.1 Å². The first kappa shape index (κ1) is 22.6. The smallest absolute Gasteiger partial charge is 0.412 e. The average Bonchev–Trinajstić information content (AvgIpc) is 3.48. The predicted octanol–water partition coefficient (Wildman–Crippen LogP) is 5.16. The van der Waals surface area contributed by atoms with E-state index in [1.54, 1.807) is 19.2 Å². The summed E-state index contributed by atoms with van der Waals surface area (Å²) in [5.74, 6) is -0.150. The van der Waals surface area contributed by atoms with Gasteiger partial charge in [0, 0.05) is 29.5 Å². The number of rotatable bonds is 7. The van der Waals surface area contributed by atoms with Crippen LogP contribution in [0.1, 0.15) is 40.6 Å². The van der Waals surface area contributed by atoms with Crippen LogP contribution in [0, 0.1) is 5.82 Å². The van der Waals surface area contributed by atoms with E-state index in [2.05, 4.69) is 9.89 Å². The molecule has 0 atom stereocenters. The number of nitrogens with two attached hydrogens (primary N) is 1. The topological polar surface area (TPSA) is 127 Å². The second-order valence-electron chi connectivity index (χ2n) is 8.14. The Morgan fingerprint density at radius 1 is 1.17 bits per heavy atom.